The number of aliphatic imine (C=N–C) groups is 1. The second-order valence-corrected chi connectivity index (χ2v) is 6.12. The third-order valence-electron chi connectivity index (χ3n) is 4.03. The molecule has 0 saturated heterocycles. The molecule has 1 rings (SSSR count). The summed E-state index contributed by atoms with van der Waals surface area (Å²) in [5.74, 6) is 1.23. The fraction of sp³-hybridized carbons (Fsp3) is 0.929. The Labute approximate surface area is 111 Å². The molecule has 1 heterocycles. The van der Waals surface area contributed by atoms with Gasteiger partial charge in [0, 0.05) is 18.3 Å². The maximum atomic E-state index is 4.76. The van der Waals surface area contributed by atoms with E-state index in [1.165, 1.54) is 43.0 Å². The molecule has 1 N–H and O–H groups in total. The van der Waals surface area contributed by atoms with Gasteiger partial charge in [0.25, 0.3) is 0 Å². The van der Waals surface area contributed by atoms with Gasteiger partial charge in [0.05, 0.1) is 0 Å². The van der Waals surface area contributed by atoms with Crippen LogP contribution in [-0.2, 0) is 0 Å². The van der Waals surface area contributed by atoms with Gasteiger partial charge in [0.1, 0.15) is 0 Å². The molecule has 0 bridgehead atoms. The van der Waals surface area contributed by atoms with Crippen LogP contribution >= 0.6 is 11.8 Å². The maximum Gasteiger partial charge on any atom is 0.156 e. The quantitative estimate of drug-likeness (QED) is 0.775. The minimum absolute atomic E-state index is 0.461. The minimum Gasteiger partial charge on any atom is -0.362 e. The van der Waals surface area contributed by atoms with Crippen molar-refractivity contribution in [3.63, 3.8) is 0 Å². The summed E-state index contributed by atoms with van der Waals surface area (Å²) in [6.07, 6.45) is 6.19. The Morgan fingerprint density at radius 2 is 2.00 bits per heavy atom. The molecule has 0 fully saturated rings. The fourth-order valence-corrected chi connectivity index (χ4v) is 3.57. The summed E-state index contributed by atoms with van der Waals surface area (Å²) in [6.45, 7) is 10.1. The Morgan fingerprint density at radius 3 is 2.41 bits per heavy atom. The van der Waals surface area contributed by atoms with Gasteiger partial charge in [-0.3, -0.25) is 4.99 Å². The standard InChI is InChI=1S/C14H28N2S/c1-5-9-12(6-2)16-13-15-10-14(7-3,8-4)11-17-13/h12H,5-11H2,1-4H3,(H,15,16). The van der Waals surface area contributed by atoms with Crippen LogP contribution in [0.4, 0.5) is 0 Å². The Kier molecular flexibility index (Phi) is 6.39. The van der Waals surface area contributed by atoms with E-state index in [2.05, 4.69) is 33.0 Å². The minimum atomic E-state index is 0.461. The van der Waals surface area contributed by atoms with Crippen LogP contribution in [-0.4, -0.2) is 23.5 Å². The van der Waals surface area contributed by atoms with E-state index in [0.29, 0.717) is 11.5 Å². The molecule has 0 aromatic rings. The average molecular weight is 256 g/mol. The normalized spacial score (nSPS) is 20.8. The lowest BCUT2D eigenvalue weighted by Crippen LogP contribution is -2.38. The van der Waals surface area contributed by atoms with Gasteiger partial charge in [0.2, 0.25) is 0 Å². The number of rotatable bonds is 6. The lowest BCUT2D eigenvalue weighted by molar-refractivity contribution is 0.317. The first-order chi connectivity index (χ1) is 8.19. The third-order valence-corrected chi connectivity index (χ3v) is 5.31. The topological polar surface area (TPSA) is 24.4 Å². The van der Waals surface area contributed by atoms with E-state index in [9.17, 15) is 0 Å². The van der Waals surface area contributed by atoms with Crippen molar-refractivity contribution in [2.75, 3.05) is 12.3 Å². The zero-order valence-electron chi connectivity index (χ0n) is 11.9. The molecule has 17 heavy (non-hydrogen) atoms. The first kappa shape index (κ1) is 14.9. The van der Waals surface area contributed by atoms with Crippen LogP contribution in [0.2, 0.25) is 0 Å². The van der Waals surface area contributed by atoms with Crippen molar-refractivity contribution >= 4 is 16.9 Å². The smallest absolute Gasteiger partial charge is 0.156 e. The van der Waals surface area contributed by atoms with E-state index >= 15 is 0 Å². The van der Waals surface area contributed by atoms with Crippen molar-refractivity contribution in [3.8, 4) is 0 Å². The Bertz CT molecular complexity index is 247. The maximum absolute atomic E-state index is 4.76. The largest absolute Gasteiger partial charge is 0.362 e. The van der Waals surface area contributed by atoms with E-state index < -0.39 is 0 Å². The number of thioether (sulfide) groups is 1. The number of amidine groups is 1. The molecule has 100 valence electrons. The lowest BCUT2D eigenvalue weighted by atomic mass is 9.84. The van der Waals surface area contributed by atoms with E-state index in [1.54, 1.807) is 0 Å². The van der Waals surface area contributed by atoms with Crippen molar-refractivity contribution in [2.45, 2.75) is 65.8 Å². The van der Waals surface area contributed by atoms with Crippen LogP contribution in [0.5, 0.6) is 0 Å². The molecule has 3 heteroatoms. The molecular formula is C14H28N2S. The molecule has 0 radical (unpaired) electrons. The molecule has 0 aliphatic carbocycles. The van der Waals surface area contributed by atoms with E-state index in [4.69, 9.17) is 4.99 Å². The number of hydrogen-bond donors (Lipinski definition) is 1. The van der Waals surface area contributed by atoms with Gasteiger partial charge in [-0.1, -0.05) is 45.9 Å². The summed E-state index contributed by atoms with van der Waals surface area (Å²) in [5, 5.41) is 4.79. The second kappa shape index (κ2) is 7.30. The fourth-order valence-electron chi connectivity index (χ4n) is 2.22. The predicted molar refractivity (Wildman–Crippen MR) is 79.9 cm³/mol. The summed E-state index contributed by atoms with van der Waals surface area (Å²) in [7, 11) is 0. The Morgan fingerprint density at radius 1 is 1.29 bits per heavy atom. The zero-order chi connectivity index (χ0) is 12.7. The Hall–Kier alpha value is -0.180. The highest BCUT2D eigenvalue weighted by Crippen LogP contribution is 2.34. The molecule has 0 amide bonds. The molecule has 0 saturated carbocycles. The summed E-state index contributed by atoms with van der Waals surface area (Å²) in [5.41, 5.74) is 0.461. The summed E-state index contributed by atoms with van der Waals surface area (Å²) < 4.78 is 0. The molecule has 0 spiro atoms. The highest BCUT2D eigenvalue weighted by Gasteiger charge is 2.30. The average Bonchev–Trinajstić information content (AvgIpc) is 2.39. The van der Waals surface area contributed by atoms with Gasteiger partial charge in [-0.2, -0.15) is 0 Å². The summed E-state index contributed by atoms with van der Waals surface area (Å²) in [4.78, 5) is 4.76. The predicted octanol–water partition coefficient (Wildman–Crippen LogP) is 4.06. The van der Waals surface area contributed by atoms with Crippen LogP contribution in [0, 0.1) is 5.41 Å². The molecule has 1 aliphatic heterocycles. The number of nitrogens with one attached hydrogen (secondary N) is 1. The van der Waals surface area contributed by atoms with Gasteiger partial charge in [-0.15, -0.1) is 0 Å². The molecule has 0 aromatic carbocycles. The van der Waals surface area contributed by atoms with E-state index in [0.717, 1.165) is 6.54 Å². The highest BCUT2D eigenvalue weighted by atomic mass is 32.2. The Balaban J connectivity index is 2.50. The number of nitrogens with zero attached hydrogens (tertiary/aromatic N) is 1. The van der Waals surface area contributed by atoms with Gasteiger partial charge < -0.3 is 5.32 Å². The lowest BCUT2D eigenvalue weighted by Gasteiger charge is -2.34. The van der Waals surface area contributed by atoms with Crippen molar-refractivity contribution in [1.29, 1.82) is 0 Å². The van der Waals surface area contributed by atoms with Crippen molar-refractivity contribution in [1.82, 2.24) is 5.32 Å². The SMILES string of the molecule is CCCC(CC)NC1=NCC(CC)(CC)CS1. The van der Waals surface area contributed by atoms with Crippen molar-refractivity contribution in [2.24, 2.45) is 10.4 Å². The molecule has 1 aliphatic rings. The summed E-state index contributed by atoms with van der Waals surface area (Å²) in [6, 6.07) is 0.613. The summed E-state index contributed by atoms with van der Waals surface area (Å²) >= 11 is 1.93. The molecule has 1 unspecified atom stereocenters. The molecular weight excluding hydrogens is 228 g/mol. The van der Waals surface area contributed by atoms with Gasteiger partial charge >= 0.3 is 0 Å². The zero-order valence-corrected chi connectivity index (χ0v) is 12.7. The molecule has 2 nitrogen and oxygen atoms in total. The van der Waals surface area contributed by atoms with Crippen LogP contribution in [0.1, 0.15) is 59.8 Å². The number of hydrogen-bond acceptors (Lipinski definition) is 3. The van der Waals surface area contributed by atoms with Gasteiger partial charge in [-0.25, -0.2) is 0 Å². The first-order valence-corrected chi connectivity index (χ1v) is 8.12. The van der Waals surface area contributed by atoms with Crippen LogP contribution in [0.25, 0.3) is 0 Å². The third kappa shape index (κ3) is 4.20. The van der Waals surface area contributed by atoms with E-state index in [-0.39, 0.29) is 0 Å². The van der Waals surface area contributed by atoms with Crippen molar-refractivity contribution in [3.05, 3.63) is 0 Å². The monoisotopic (exact) mass is 256 g/mol. The first-order valence-electron chi connectivity index (χ1n) is 7.13. The highest BCUT2D eigenvalue weighted by molar-refractivity contribution is 8.13. The van der Waals surface area contributed by atoms with E-state index in [1.807, 2.05) is 11.8 Å². The van der Waals surface area contributed by atoms with Crippen LogP contribution in [0.3, 0.4) is 0 Å². The second-order valence-electron chi connectivity index (χ2n) is 5.16. The van der Waals surface area contributed by atoms with Crippen LogP contribution in [0.15, 0.2) is 4.99 Å². The van der Waals surface area contributed by atoms with Crippen LogP contribution < -0.4 is 5.32 Å². The van der Waals surface area contributed by atoms with Crippen molar-refractivity contribution < 1.29 is 0 Å². The van der Waals surface area contributed by atoms with Gasteiger partial charge in [0.15, 0.2) is 5.17 Å². The molecule has 0 aromatic heterocycles. The molecule has 1 atom stereocenters. The van der Waals surface area contributed by atoms with Gasteiger partial charge in [-0.05, 0) is 31.1 Å².